The van der Waals surface area contributed by atoms with E-state index in [0.29, 0.717) is 5.52 Å². The van der Waals surface area contributed by atoms with Gasteiger partial charge in [0.1, 0.15) is 5.39 Å². The number of nitrogens with one attached hydrogen (secondary N) is 1. The summed E-state index contributed by atoms with van der Waals surface area (Å²) in [5, 5.41) is 16.7. The minimum absolute atomic E-state index is 0.0625. The van der Waals surface area contributed by atoms with Crippen molar-refractivity contribution >= 4 is 16.6 Å². The van der Waals surface area contributed by atoms with Crippen molar-refractivity contribution in [2.45, 2.75) is 0 Å². The minimum Gasteiger partial charge on any atom is -0.287 e. The summed E-state index contributed by atoms with van der Waals surface area (Å²) in [6.07, 6.45) is 1.02. The summed E-state index contributed by atoms with van der Waals surface area (Å²) in [6, 6.07) is 4.35. The number of nitrogens with zero attached hydrogens (tertiary/aromatic N) is 2. The van der Waals surface area contributed by atoms with E-state index >= 15 is 0 Å². The molecule has 6 heteroatoms. The molecule has 0 aliphatic carbocycles. The van der Waals surface area contributed by atoms with E-state index in [1.165, 1.54) is 12.1 Å². The van der Waals surface area contributed by atoms with Crippen LogP contribution in [0.3, 0.4) is 0 Å². The van der Waals surface area contributed by atoms with Crippen molar-refractivity contribution in [3.05, 3.63) is 44.7 Å². The molecule has 0 amide bonds. The van der Waals surface area contributed by atoms with Crippen LogP contribution in [0, 0.1) is 10.1 Å². The van der Waals surface area contributed by atoms with Crippen molar-refractivity contribution in [3.63, 3.8) is 0 Å². The second-order valence-corrected chi connectivity index (χ2v) is 2.69. The normalized spacial score (nSPS) is 10.3. The third-order valence-corrected chi connectivity index (χ3v) is 1.85. The third-order valence-electron chi connectivity index (χ3n) is 1.85. The van der Waals surface area contributed by atoms with Crippen LogP contribution in [0.15, 0.2) is 29.2 Å². The molecule has 0 aliphatic rings. The van der Waals surface area contributed by atoms with Crippen molar-refractivity contribution in [1.82, 2.24) is 10.2 Å². The fourth-order valence-electron chi connectivity index (χ4n) is 1.27. The maximum atomic E-state index is 11.3. The molecule has 0 saturated heterocycles. The molecule has 0 saturated carbocycles. The summed E-state index contributed by atoms with van der Waals surface area (Å²) < 4.78 is 0. The van der Waals surface area contributed by atoms with Gasteiger partial charge in [-0.15, -0.1) is 0 Å². The first-order chi connectivity index (χ1) is 6.70. The highest BCUT2D eigenvalue weighted by Gasteiger charge is 2.13. The van der Waals surface area contributed by atoms with E-state index in [2.05, 4.69) is 10.2 Å². The molecule has 0 unspecified atom stereocenters. The first-order valence-corrected chi connectivity index (χ1v) is 3.81. The second-order valence-electron chi connectivity index (χ2n) is 2.69. The number of rotatable bonds is 1. The quantitative estimate of drug-likeness (QED) is 0.534. The minimum atomic E-state index is -0.586. The lowest BCUT2D eigenvalue weighted by Gasteiger charge is -1.96. The number of H-pyrrole nitrogens is 1. The Morgan fingerprint density at radius 1 is 1.43 bits per heavy atom. The summed E-state index contributed by atoms with van der Waals surface area (Å²) in [4.78, 5) is 21.3. The Hall–Kier alpha value is -2.24. The van der Waals surface area contributed by atoms with E-state index in [4.69, 9.17) is 0 Å². The van der Waals surface area contributed by atoms with E-state index in [1.54, 1.807) is 6.07 Å². The topological polar surface area (TPSA) is 88.9 Å². The molecular formula is C8H5N3O3. The summed E-state index contributed by atoms with van der Waals surface area (Å²) >= 11 is 0. The SMILES string of the molecule is O=c1cn[nH]c2cccc([N+](=O)[O-])c12. The van der Waals surface area contributed by atoms with E-state index in [-0.39, 0.29) is 11.1 Å². The van der Waals surface area contributed by atoms with Crippen LogP contribution in [-0.2, 0) is 0 Å². The van der Waals surface area contributed by atoms with Crippen LogP contribution < -0.4 is 5.43 Å². The van der Waals surface area contributed by atoms with Crippen LogP contribution in [-0.4, -0.2) is 15.1 Å². The van der Waals surface area contributed by atoms with Gasteiger partial charge in [-0.2, -0.15) is 5.10 Å². The van der Waals surface area contributed by atoms with E-state index in [1.807, 2.05) is 0 Å². The molecule has 14 heavy (non-hydrogen) atoms. The average Bonchev–Trinajstić information content (AvgIpc) is 2.17. The molecule has 0 spiro atoms. The zero-order chi connectivity index (χ0) is 10.1. The Labute approximate surface area is 77.3 Å². The molecule has 1 aromatic heterocycles. The molecule has 0 bridgehead atoms. The van der Waals surface area contributed by atoms with Gasteiger partial charge in [0.15, 0.2) is 0 Å². The molecule has 1 heterocycles. The summed E-state index contributed by atoms with van der Waals surface area (Å²) in [5.74, 6) is 0. The van der Waals surface area contributed by atoms with E-state index in [0.717, 1.165) is 6.20 Å². The van der Waals surface area contributed by atoms with E-state index < -0.39 is 10.4 Å². The molecule has 0 fully saturated rings. The van der Waals surface area contributed by atoms with Gasteiger partial charge in [0, 0.05) is 6.07 Å². The highest BCUT2D eigenvalue weighted by atomic mass is 16.6. The Balaban J connectivity index is 2.99. The molecular weight excluding hydrogens is 186 g/mol. The molecule has 1 aromatic carbocycles. The van der Waals surface area contributed by atoms with Gasteiger partial charge in [-0.25, -0.2) is 0 Å². The first-order valence-electron chi connectivity index (χ1n) is 3.81. The average molecular weight is 191 g/mol. The predicted octanol–water partition coefficient (Wildman–Crippen LogP) is 0.831. The lowest BCUT2D eigenvalue weighted by atomic mass is 10.2. The Kier molecular flexibility index (Phi) is 1.74. The third kappa shape index (κ3) is 1.13. The lowest BCUT2D eigenvalue weighted by molar-refractivity contribution is -0.383. The first kappa shape index (κ1) is 8.36. The van der Waals surface area contributed by atoms with Crippen molar-refractivity contribution < 1.29 is 4.92 Å². The van der Waals surface area contributed by atoms with Gasteiger partial charge in [0.2, 0.25) is 5.43 Å². The number of hydrogen-bond acceptors (Lipinski definition) is 4. The van der Waals surface area contributed by atoms with Crippen molar-refractivity contribution in [2.75, 3.05) is 0 Å². The van der Waals surface area contributed by atoms with Crippen molar-refractivity contribution in [2.24, 2.45) is 0 Å². The van der Waals surface area contributed by atoms with Gasteiger partial charge in [0.05, 0.1) is 16.6 Å². The molecule has 1 N–H and O–H groups in total. The van der Waals surface area contributed by atoms with Crippen LogP contribution in [0.2, 0.25) is 0 Å². The van der Waals surface area contributed by atoms with Crippen molar-refractivity contribution in [3.8, 4) is 0 Å². The van der Waals surface area contributed by atoms with E-state index in [9.17, 15) is 14.9 Å². The van der Waals surface area contributed by atoms with Crippen LogP contribution in [0.25, 0.3) is 10.9 Å². The number of hydrogen-bond donors (Lipinski definition) is 1. The number of nitro groups is 1. The maximum Gasteiger partial charge on any atom is 0.282 e. The van der Waals surface area contributed by atoms with Gasteiger partial charge in [-0.3, -0.25) is 20.0 Å². The maximum absolute atomic E-state index is 11.3. The summed E-state index contributed by atoms with van der Waals surface area (Å²) in [5.41, 5.74) is -0.288. The Bertz CT molecular complexity index is 556. The number of aromatic amines is 1. The molecule has 70 valence electrons. The molecule has 0 radical (unpaired) electrons. The highest BCUT2D eigenvalue weighted by Crippen LogP contribution is 2.19. The molecule has 2 aromatic rings. The van der Waals surface area contributed by atoms with Crippen LogP contribution in [0.5, 0.6) is 0 Å². The van der Waals surface area contributed by atoms with Gasteiger partial charge < -0.3 is 0 Å². The van der Waals surface area contributed by atoms with Gasteiger partial charge >= 0.3 is 0 Å². The van der Waals surface area contributed by atoms with Gasteiger partial charge in [-0.1, -0.05) is 6.07 Å². The van der Waals surface area contributed by atoms with Crippen LogP contribution >= 0.6 is 0 Å². The van der Waals surface area contributed by atoms with Crippen LogP contribution in [0.1, 0.15) is 0 Å². The summed E-state index contributed by atoms with van der Waals surface area (Å²) in [7, 11) is 0. The smallest absolute Gasteiger partial charge is 0.282 e. The molecule has 0 atom stereocenters. The molecule has 6 nitrogen and oxygen atoms in total. The number of aromatic nitrogens is 2. The lowest BCUT2D eigenvalue weighted by Crippen LogP contribution is -2.05. The fraction of sp³-hybridized carbons (Fsp3) is 0. The molecule has 0 aliphatic heterocycles. The standard InChI is InChI=1S/C8H5N3O3/c12-7-4-9-10-5-2-1-3-6(8(5)7)11(13)14/h1-4H,(H,10,12). The fourth-order valence-corrected chi connectivity index (χ4v) is 1.27. The summed E-state index contributed by atoms with van der Waals surface area (Å²) in [6.45, 7) is 0. The monoisotopic (exact) mass is 191 g/mol. The number of nitro benzene ring substituents is 1. The molecule has 2 rings (SSSR count). The largest absolute Gasteiger partial charge is 0.287 e. The predicted molar refractivity (Wildman–Crippen MR) is 49.0 cm³/mol. The van der Waals surface area contributed by atoms with Crippen molar-refractivity contribution in [1.29, 1.82) is 0 Å². The Morgan fingerprint density at radius 3 is 2.93 bits per heavy atom. The highest BCUT2D eigenvalue weighted by molar-refractivity contribution is 5.86. The Morgan fingerprint density at radius 2 is 2.21 bits per heavy atom. The second kappa shape index (κ2) is 2.91. The van der Waals surface area contributed by atoms with Gasteiger partial charge in [0.25, 0.3) is 5.69 Å². The number of benzene rings is 1. The number of non-ortho nitro benzene ring substituents is 1. The number of fused-ring (bicyclic) bond motifs is 1. The zero-order valence-electron chi connectivity index (χ0n) is 6.93. The van der Waals surface area contributed by atoms with Crippen LogP contribution in [0.4, 0.5) is 5.69 Å². The van der Waals surface area contributed by atoms with Gasteiger partial charge in [-0.05, 0) is 6.07 Å². The zero-order valence-corrected chi connectivity index (χ0v) is 6.93.